The van der Waals surface area contributed by atoms with Gasteiger partial charge in [0.2, 0.25) is 0 Å². The summed E-state index contributed by atoms with van der Waals surface area (Å²) in [5, 5.41) is 4.66. The van der Waals surface area contributed by atoms with Gasteiger partial charge in [-0.1, -0.05) is 84.9 Å². The Balaban J connectivity index is 1.88. The lowest BCUT2D eigenvalue weighted by molar-refractivity contribution is -0.0729. The van der Waals surface area contributed by atoms with Crippen LogP contribution in [0.15, 0.2) is 84.9 Å². The maximum absolute atomic E-state index is 6.36. The Morgan fingerprint density at radius 2 is 0.933 bits per heavy atom. The van der Waals surface area contributed by atoms with Crippen molar-refractivity contribution >= 4 is 21.5 Å². The molecule has 0 aliphatic rings. The molecule has 0 aromatic heterocycles. The number of ether oxygens (including phenoxy) is 2. The van der Waals surface area contributed by atoms with E-state index in [2.05, 4.69) is 84.9 Å². The van der Waals surface area contributed by atoms with Crippen LogP contribution in [0.1, 0.15) is 23.3 Å². The van der Waals surface area contributed by atoms with Crippen LogP contribution in [0, 0.1) is 0 Å². The number of fused-ring (bicyclic) bond motifs is 2. The number of hydrogen-bond donors (Lipinski definition) is 2. The zero-order valence-electron chi connectivity index (χ0n) is 17.0. The largest absolute Gasteiger partial charge is 0.369 e. The fraction of sp³-hybridized carbons (Fsp3) is 0.231. The van der Waals surface area contributed by atoms with Crippen LogP contribution in [0.25, 0.3) is 21.5 Å². The minimum atomic E-state index is -0.308. The number of benzene rings is 4. The Morgan fingerprint density at radius 1 is 0.533 bits per heavy atom. The van der Waals surface area contributed by atoms with Crippen molar-refractivity contribution < 1.29 is 9.47 Å². The van der Waals surface area contributed by atoms with Crippen LogP contribution in [-0.4, -0.2) is 26.3 Å². The van der Waals surface area contributed by atoms with Crippen LogP contribution in [0.2, 0.25) is 0 Å². The molecule has 0 saturated carbocycles. The monoisotopic (exact) mass is 400 g/mol. The van der Waals surface area contributed by atoms with Gasteiger partial charge in [-0.05, 0) is 32.7 Å². The second kappa shape index (κ2) is 9.83. The van der Waals surface area contributed by atoms with Gasteiger partial charge in [0, 0.05) is 13.1 Å². The van der Waals surface area contributed by atoms with Crippen molar-refractivity contribution in [1.29, 1.82) is 0 Å². The number of hydrogen-bond acceptors (Lipinski definition) is 4. The summed E-state index contributed by atoms with van der Waals surface area (Å²) in [4.78, 5) is 0. The van der Waals surface area contributed by atoms with Gasteiger partial charge in [0.25, 0.3) is 0 Å². The highest BCUT2D eigenvalue weighted by Gasteiger charge is 2.29. The molecule has 4 N–H and O–H groups in total. The maximum Gasteiger partial charge on any atom is 0.113 e. The first kappa shape index (κ1) is 20.5. The summed E-state index contributed by atoms with van der Waals surface area (Å²) in [6, 6.07) is 29.3. The van der Waals surface area contributed by atoms with Gasteiger partial charge in [-0.15, -0.1) is 0 Å². The predicted octanol–water partition coefficient (Wildman–Crippen LogP) is 4.73. The van der Waals surface area contributed by atoms with Gasteiger partial charge < -0.3 is 20.9 Å². The van der Waals surface area contributed by atoms with Crippen LogP contribution in [0.4, 0.5) is 0 Å². The van der Waals surface area contributed by atoms with Crippen molar-refractivity contribution in [1.82, 2.24) is 0 Å². The maximum atomic E-state index is 6.36. The lowest BCUT2D eigenvalue weighted by Crippen LogP contribution is -2.23. The van der Waals surface area contributed by atoms with E-state index in [9.17, 15) is 0 Å². The van der Waals surface area contributed by atoms with Crippen molar-refractivity contribution in [2.75, 3.05) is 26.3 Å². The predicted molar refractivity (Wildman–Crippen MR) is 123 cm³/mol. The van der Waals surface area contributed by atoms with Crippen molar-refractivity contribution in [3.63, 3.8) is 0 Å². The van der Waals surface area contributed by atoms with Crippen LogP contribution < -0.4 is 11.5 Å². The summed E-state index contributed by atoms with van der Waals surface area (Å²) >= 11 is 0. The summed E-state index contributed by atoms with van der Waals surface area (Å²) < 4.78 is 12.7. The molecule has 0 saturated heterocycles. The molecular weight excluding hydrogens is 372 g/mol. The van der Waals surface area contributed by atoms with Crippen molar-refractivity contribution in [3.05, 3.63) is 96.1 Å². The third kappa shape index (κ3) is 4.23. The summed E-state index contributed by atoms with van der Waals surface area (Å²) in [7, 11) is 0. The molecule has 0 heterocycles. The smallest absolute Gasteiger partial charge is 0.113 e. The average molecular weight is 401 g/mol. The van der Waals surface area contributed by atoms with Gasteiger partial charge in [0.05, 0.1) is 13.2 Å². The van der Waals surface area contributed by atoms with Crippen LogP contribution in [-0.2, 0) is 9.47 Å². The van der Waals surface area contributed by atoms with E-state index in [0.29, 0.717) is 26.3 Å². The Hall–Kier alpha value is -2.76. The van der Waals surface area contributed by atoms with Gasteiger partial charge in [0.1, 0.15) is 12.2 Å². The number of rotatable bonds is 9. The van der Waals surface area contributed by atoms with E-state index in [0.717, 1.165) is 21.9 Å². The minimum absolute atomic E-state index is 0.308. The molecule has 2 atom stereocenters. The zero-order chi connectivity index (χ0) is 20.8. The lowest BCUT2D eigenvalue weighted by Gasteiger charge is -2.30. The molecule has 4 aromatic carbocycles. The number of nitrogens with two attached hydrogens (primary N) is 2. The van der Waals surface area contributed by atoms with E-state index < -0.39 is 0 Å². The third-order valence-electron chi connectivity index (χ3n) is 5.37. The van der Waals surface area contributed by atoms with Crippen molar-refractivity contribution in [2.24, 2.45) is 11.5 Å². The summed E-state index contributed by atoms with van der Waals surface area (Å²) in [6.07, 6.45) is -0.617. The van der Waals surface area contributed by atoms with E-state index in [4.69, 9.17) is 20.9 Å². The molecule has 0 unspecified atom stereocenters. The SMILES string of the molecule is NCCO[C@H](c1cccc2ccccc12)[C@H](OCCN)c1cccc2ccccc12. The Kier molecular flexibility index (Phi) is 6.72. The molecule has 30 heavy (non-hydrogen) atoms. The van der Waals surface area contributed by atoms with E-state index in [-0.39, 0.29) is 12.2 Å². The molecule has 4 nitrogen and oxygen atoms in total. The molecular formula is C26H28N2O2. The molecule has 4 rings (SSSR count). The first-order valence-electron chi connectivity index (χ1n) is 10.4. The van der Waals surface area contributed by atoms with Crippen LogP contribution in [0.3, 0.4) is 0 Å². The Bertz CT molecular complexity index is 1010. The standard InChI is InChI=1S/C26H28N2O2/c27-15-17-29-25(23-13-5-9-19-7-1-3-11-21(19)23)26(30-18-16-28)24-14-6-10-20-8-2-4-12-22(20)24/h1-14,25-26H,15-18,27-28H2/t25-,26-/m1/s1. The first-order chi connectivity index (χ1) is 14.8. The van der Waals surface area contributed by atoms with Gasteiger partial charge in [-0.3, -0.25) is 0 Å². The fourth-order valence-electron chi connectivity index (χ4n) is 4.07. The molecule has 4 heteroatoms. The molecule has 0 bridgehead atoms. The summed E-state index contributed by atoms with van der Waals surface area (Å²) in [5.74, 6) is 0. The van der Waals surface area contributed by atoms with E-state index in [1.807, 2.05) is 0 Å². The fourth-order valence-corrected chi connectivity index (χ4v) is 4.07. The van der Waals surface area contributed by atoms with Gasteiger partial charge in [-0.25, -0.2) is 0 Å². The Morgan fingerprint density at radius 3 is 1.37 bits per heavy atom. The molecule has 0 aliphatic heterocycles. The average Bonchev–Trinajstić information content (AvgIpc) is 2.81. The summed E-state index contributed by atoms with van der Waals surface area (Å²) in [6.45, 7) is 1.78. The van der Waals surface area contributed by atoms with Gasteiger partial charge in [-0.2, -0.15) is 0 Å². The lowest BCUT2D eigenvalue weighted by atomic mass is 9.91. The molecule has 0 spiro atoms. The van der Waals surface area contributed by atoms with Crippen LogP contribution in [0.5, 0.6) is 0 Å². The molecule has 0 amide bonds. The summed E-state index contributed by atoms with van der Waals surface area (Å²) in [5.41, 5.74) is 13.8. The second-order valence-electron chi connectivity index (χ2n) is 7.30. The van der Waals surface area contributed by atoms with Gasteiger partial charge in [0.15, 0.2) is 0 Å². The van der Waals surface area contributed by atoms with E-state index >= 15 is 0 Å². The second-order valence-corrected chi connectivity index (χ2v) is 7.30. The molecule has 0 fully saturated rings. The van der Waals surface area contributed by atoms with E-state index in [1.165, 1.54) is 10.8 Å². The highest BCUT2D eigenvalue weighted by molar-refractivity contribution is 5.87. The third-order valence-corrected chi connectivity index (χ3v) is 5.37. The highest BCUT2D eigenvalue weighted by Crippen LogP contribution is 2.40. The zero-order valence-corrected chi connectivity index (χ0v) is 17.0. The molecule has 4 aromatic rings. The quantitative estimate of drug-likeness (QED) is 0.426. The molecule has 154 valence electrons. The molecule has 0 radical (unpaired) electrons. The normalized spacial score (nSPS) is 13.5. The topological polar surface area (TPSA) is 70.5 Å². The molecule has 0 aliphatic carbocycles. The Labute approximate surface area is 177 Å². The minimum Gasteiger partial charge on any atom is -0.369 e. The van der Waals surface area contributed by atoms with Crippen LogP contribution >= 0.6 is 0 Å². The highest BCUT2D eigenvalue weighted by atomic mass is 16.5. The first-order valence-corrected chi connectivity index (χ1v) is 10.4. The van der Waals surface area contributed by atoms with E-state index in [1.54, 1.807) is 0 Å². The van der Waals surface area contributed by atoms with Gasteiger partial charge >= 0.3 is 0 Å². The van der Waals surface area contributed by atoms with Crippen molar-refractivity contribution in [2.45, 2.75) is 12.2 Å². The van der Waals surface area contributed by atoms with Crippen molar-refractivity contribution in [3.8, 4) is 0 Å².